The van der Waals surface area contributed by atoms with E-state index in [1.807, 2.05) is 13.0 Å². The predicted octanol–water partition coefficient (Wildman–Crippen LogP) is 0.475. The van der Waals surface area contributed by atoms with Gasteiger partial charge in [-0.25, -0.2) is 4.48 Å². The topological polar surface area (TPSA) is 63.2 Å². The van der Waals surface area contributed by atoms with Crippen molar-refractivity contribution in [2.24, 2.45) is 0 Å². The number of rotatable bonds is 1. The molecule has 0 radical (unpaired) electrons. The zero-order chi connectivity index (χ0) is 19.6. The van der Waals surface area contributed by atoms with Crippen LogP contribution in [0, 0.1) is 0 Å². The van der Waals surface area contributed by atoms with Crippen molar-refractivity contribution in [3.05, 3.63) is 46.5 Å². The fourth-order valence-corrected chi connectivity index (χ4v) is 5.20. The molecule has 2 aromatic carbocycles. The molecule has 2 atom stereocenters. The Morgan fingerprint density at radius 3 is 2.67 bits per heavy atom. The van der Waals surface area contributed by atoms with E-state index in [0.29, 0.717) is 19.7 Å². The maximum atomic E-state index is 13.3. The third kappa shape index (κ3) is 2.63. The van der Waals surface area contributed by atoms with Gasteiger partial charge in [-0.2, -0.15) is 4.79 Å². The maximum absolute atomic E-state index is 13.3. The fourth-order valence-electron chi connectivity index (χ4n) is 5.20. The normalized spacial score (nSPS) is 24.2. The Morgan fingerprint density at radius 1 is 1.07 bits per heavy atom. The average molecular weight is 476 g/mol. The zero-order valence-corrected chi connectivity index (χ0v) is 18.2. The van der Waals surface area contributed by atoms with E-state index in [-0.39, 0.29) is 47.2 Å². The minimum atomic E-state index is -0.178. The second-order valence-electron chi connectivity index (χ2n) is 7.93. The Labute approximate surface area is 184 Å². The minimum absolute atomic E-state index is 0. The van der Waals surface area contributed by atoms with Crippen LogP contribution in [0.2, 0.25) is 0 Å². The molecule has 6 rings (SSSR count). The summed E-state index contributed by atoms with van der Waals surface area (Å²) < 4.78 is 28.4. The quantitative estimate of drug-likeness (QED) is 0.559. The van der Waals surface area contributed by atoms with E-state index in [9.17, 15) is 4.79 Å². The third-order valence-electron chi connectivity index (χ3n) is 6.59. The molecule has 0 saturated carbocycles. The number of halogens is 1. The summed E-state index contributed by atoms with van der Waals surface area (Å²) in [4.78, 5) is 13.3. The van der Waals surface area contributed by atoms with Crippen molar-refractivity contribution in [3.8, 4) is 23.0 Å². The van der Waals surface area contributed by atoms with Gasteiger partial charge in [0.25, 0.3) is 0 Å². The Kier molecular flexibility index (Phi) is 4.59. The number of ether oxygens (including phenoxy) is 5. The Balaban J connectivity index is 0.00000193. The molecule has 0 saturated heterocycles. The van der Waals surface area contributed by atoms with Crippen LogP contribution in [-0.4, -0.2) is 37.3 Å². The Bertz CT molecular complexity index is 1040. The fraction of sp³-hybridized carbons (Fsp3) is 0.409. The van der Waals surface area contributed by atoms with Gasteiger partial charge >= 0.3 is 6.09 Å². The largest absolute Gasteiger partial charge is 1.00 e. The Morgan fingerprint density at radius 2 is 1.83 bits per heavy atom. The molecule has 4 aliphatic heterocycles. The van der Waals surface area contributed by atoms with Crippen molar-refractivity contribution < 1.29 is 49.9 Å². The number of fused-ring (bicyclic) bond motifs is 7. The Hall–Kier alpha value is -2.45. The van der Waals surface area contributed by atoms with Crippen molar-refractivity contribution in [1.82, 2.24) is 0 Å². The first-order valence-electron chi connectivity index (χ1n) is 10.1. The van der Waals surface area contributed by atoms with E-state index >= 15 is 0 Å². The molecule has 4 aliphatic rings. The van der Waals surface area contributed by atoms with Gasteiger partial charge in [0, 0.05) is 18.4 Å². The molecule has 2 unspecified atom stereocenters. The van der Waals surface area contributed by atoms with Gasteiger partial charge in [0.1, 0.15) is 12.6 Å². The summed E-state index contributed by atoms with van der Waals surface area (Å²) in [6.45, 7) is 3.90. The number of hydrogen-bond acceptors (Lipinski definition) is 6. The van der Waals surface area contributed by atoms with E-state index in [0.717, 1.165) is 47.0 Å². The van der Waals surface area contributed by atoms with Crippen molar-refractivity contribution >= 4 is 6.09 Å². The van der Waals surface area contributed by atoms with Crippen LogP contribution in [-0.2, 0) is 24.1 Å². The molecule has 8 heteroatoms. The molecular weight excluding hydrogens is 454 g/mol. The van der Waals surface area contributed by atoms with Crippen molar-refractivity contribution in [2.75, 3.05) is 26.7 Å². The molecule has 0 aliphatic carbocycles. The number of benzene rings is 2. The lowest BCUT2D eigenvalue weighted by Gasteiger charge is -2.47. The molecule has 30 heavy (non-hydrogen) atoms. The van der Waals surface area contributed by atoms with Gasteiger partial charge in [-0.05, 0) is 36.2 Å². The zero-order valence-electron chi connectivity index (χ0n) is 16.6. The molecule has 0 aromatic heterocycles. The summed E-state index contributed by atoms with van der Waals surface area (Å²) in [5.74, 6) is 3.08. The third-order valence-corrected chi connectivity index (χ3v) is 6.59. The number of quaternary nitrogens is 1. The summed E-state index contributed by atoms with van der Waals surface area (Å²) >= 11 is 0. The van der Waals surface area contributed by atoms with E-state index in [1.165, 1.54) is 11.1 Å². The summed E-state index contributed by atoms with van der Waals surface area (Å²) in [6, 6.07) is 8.18. The first-order valence-corrected chi connectivity index (χ1v) is 10.1. The molecule has 1 amide bonds. The first-order chi connectivity index (χ1) is 14.2. The highest BCUT2D eigenvalue weighted by atomic mass is 79.9. The van der Waals surface area contributed by atoms with E-state index in [1.54, 1.807) is 0 Å². The van der Waals surface area contributed by atoms with Crippen LogP contribution in [0.1, 0.15) is 35.2 Å². The molecule has 0 fully saturated rings. The molecule has 158 valence electrons. The molecule has 0 N–H and O–H groups in total. The summed E-state index contributed by atoms with van der Waals surface area (Å²) in [5.41, 5.74) is 4.63. The van der Waals surface area contributed by atoms with E-state index < -0.39 is 0 Å². The minimum Gasteiger partial charge on any atom is -1.00 e. The van der Waals surface area contributed by atoms with E-state index in [4.69, 9.17) is 23.7 Å². The SMILES string of the molecule is CCOC(=O)[N+]12CCc3cc4c(cc3C1Cc1ccc3c(c1C2)OCO3)OCO4.[Br-]. The predicted molar refractivity (Wildman–Crippen MR) is 101 cm³/mol. The second-order valence-corrected chi connectivity index (χ2v) is 7.93. The molecule has 0 spiro atoms. The lowest BCUT2D eigenvalue weighted by molar-refractivity contribution is -0.906. The van der Waals surface area contributed by atoms with Crippen LogP contribution < -0.4 is 35.9 Å². The van der Waals surface area contributed by atoms with Crippen LogP contribution in [0.25, 0.3) is 0 Å². The molecular formula is C22H22BrNO6. The lowest BCUT2D eigenvalue weighted by atomic mass is 9.81. The molecule has 7 nitrogen and oxygen atoms in total. The number of hydrogen-bond donors (Lipinski definition) is 0. The van der Waals surface area contributed by atoms with Crippen LogP contribution in [0.5, 0.6) is 23.0 Å². The summed E-state index contributed by atoms with van der Waals surface area (Å²) in [5, 5.41) is 0. The van der Waals surface area contributed by atoms with Gasteiger partial charge in [-0.1, -0.05) is 6.07 Å². The highest BCUT2D eigenvalue weighted by Gasteiger charge is 2.54. The van der Waals surface area contributed by atoms with Crippen molar-refractivity contribution in [3.63, 3.8) is 0 Å². The van der Waals surface area contributed by atoms with Gasteiger partial charge in [-0.15, -0.1) is 0 Å². The van der Waals surface area contributed by atoms with Crippen LogP contribution in [0.3, 0.4) is 0 Å². The van der Waals surface area contributed by atoms with Crippen LogP contribution in [0.4, 0.5) is 4.79 Å². The van der Waals surface area contributed by atoms with Crippen molar-refractivity contribution in [1.29, 1.82) is 0 Å². The molecule has 0 bridgehead atoms. The van der Waals surface area contributed by atoms with Gasteiger partial charge in [-0.3, -0.25) is 0 Å². The van der Waals surface area contributed by atoms with E-state index in [2.05, 4.69) is 18.2 Å². The highest BCUT2D eigenvalue weighted by molar-refractivity contribution is 5.64. The van der Waals surface area contributed by atoms with Gasteiger partial charge in [0.2, 0.25) is 13.6 Å². The standard InChI is InChI=1S/C22H22NO6.BrH/c1-2-25-22(24)23-6-5-14-8-19-20(28-11-27-19)9-15(14)17(23)7-13-3-4-18-21(16(13)10-23)29-12-26-18;/h3-4,8-9,17H,2,5-7,10-12H2,1H3;1H/q+1;/p-1. The highest BCUT2D eigenvalue weighted by Crippen LogP contribution is 2.51. The summed E-state index contributed by atoms with van der Waals surface area (Å²) in [6.07, 6.45) is 1.34. The van der Waals surface area contributed by atoms with Crippen molar-refractivity contribution in [2.45, 2.75) is 32.4 Å². The van der Waals surface area contributed by atoms with Crippen LogP contribution in [0.15, 0.2) is 24.3 Å². The lowest BCUT2D eigenvalue weighted by Crippen LogP contribution is -3.00. The second kappa shape index (κ2) is 7.06. The molecule has 2 aromatic rings. The van der Waals surface area contributed by atoms with Gasteiger partial charge in [0.05, 0.1) is 18.7 Å². The van der Waals surface area contributed by atoms with Gasteiger partial charge < -0.3 is 40.7 Å². The smallest absolute Gasteiger partial charge is 0.516 e. The number of amides is 1. The van der Waals surface area contributed by atoms with Crippen LogP contribution >= 0.6 is 0 Å². The van der Waals surface area contributed by atoms with Gasteiger partial charge in [0.15, 0.2) is 23.0 Å². The number of carbonyl (C=O) groups excluding carboxylic acids is 1. The maximum Gasteiger partial charge on any atom is 0.516 e. The number of carbonyl (C=O) groups is 1. The number of nitrogens with zero attached hydrogens (tertiary/aromatic N) is 1. The molecule has 4 heterocycles. The summed E-state index contributed by atoms with van der Waals surface area (Å²) in [7, 11) is 0. The average Bonchev–Trinajstić information content (AvgIpc) is 3.40. The first kappa shape index (κ1) is 19.5. The monoisotopic (exact) mass is 475 g/mol.